The zero-order chi connectivity index (χ0) is 26.3. The first-order chi connectivity index (χ1) is 17.1. The molecule has 0 aliphatic carbocycles. The van der Waals surface area contributed by atoms with E-state index >= 15 is 0 Å². The van der Waals surface area contributed by atoms with E-state index in [2.05, 4.69) is 48.3 Å². The van der Waals surface area contributed by atoms with Crippen molar-refractivity contribution in [2.24, 2.45) is 5.41 Å². The topological polar surface area (TPSA) is 99.8 Å². The third-order valence-corrected chi connectivity index (χ3v) is 5.85. The molecule has 0 spiro atoms. The van der Waals surface area contributed by atoms with E-state index < -0.39 is 0 Å². The molecule has 3 N–H and O–H groups in total. The van der Waals surface area contributed by atoms with E-state index in [0.717, 1.165) is 29.5 Å². The lowest BCUT2D eigenvalue weighted by atomic mass is 9.97. The number of aryl methyl sites for hydroxylation is 1. The number of fused-ring (bicyclic) bond motifs is 1. The van der Waals surface area contributed by atoms with Gasteiger partial charge in [0.25, 0.3) is 5.91 Å². The van der Waals surface area contributed by atoms with Gasteiger partial charge in [-0.05, 0) is 42.4 Å². The van der Waals surface area contributed by atoms with Gasteiger partial charge in [-0.3, -0.25) is 9.59 Å². The van der Waals surface area contributed by atoms with Crippen LogP contribution in [0.15, 0.2) is 54.4 Å². The molecule has 0 unspecified atom stereocenters. The average Bonchev–Trinajstić information content (AvgIpc) is 3.27. The van der Waals surface area contributed by atoms with Crippen LogP contribution in [0.1, 0.15) is 74.6 Å². The lowest BCUT2D eigenvalue weighted by Crippen LogP contribution is -2.32. The average molecular weight is 488 g/mol. The highest BCUT2D eigenvalue weighted by Gasteiger charge is 2.18. The van der Waals surface area contributed by atoms with Crippen LogP contribution in [0.4, 0.5) is 0 Å². The molecular weight excluding hydrogens is 450 g/mol. The smallest absolute Gasteiger partial charge is 0.255 e. The number of benzene rings is 1. The Morgan fingerprint density at radius 1 is 1.11 bits per heavy atom. The van der Waals surface area contributed by atoms with E-state index in [1.54, 1.807) is 19.3 Å². The molecule has 1 aromatic carbocycles. The standard InChI is InChI=1S/C29H37N5O2/c1-7-10-21(14-13-20(3)27(35)32-15-22-12-9-8-11-19(22)2)24-17-31-26-25(34-24)23(16-30-26)28(36)33-18-29(4,5)6/h8-9,11-14,16-17H,7,10,15,18H2,1-6H3,(H,30,31)(H,32,35)(H,33,36)/b20-13+,21-14+. The zero-order valence-corrected chi connectivity index (χ0v) is 22.2. The Bertz CT molecular complexity index is 1290. The molecule has 2 amide bonds. The van der Waals surface area contributed by atoms with Gasteiger partial charge < -0.3 is 15.6 Å². The molecule has 0 bridgehead atoms. The highest BCUT2D eigenvalue weighted by molar-refractivity contribution is 6.04. The number of carbonyl (C=O) groups excluding carboxylic acids is 2. The van der Waals surface area contributed by atoms with Crippen LogP contribution in [0.3, 0.4) is 0 Å². The number of hydrogen-bond acceptors (Lipinski definition) is 4. The molecule has 0 aliphatic rings. The third kappa shape index (κ3) is 7.13. The van der Waals surface area contributed by atoms with Crippen LogP contribution in [0.2, 0.25) is 0 Å². The normalized spacial score (nSPS) is 12.6. The molecule has 0 fully saturated rings. The molecule has 36 heavy (non-hydrogen) atoms. The second-order valence-electron chi connectivity index (χ2n) is 10.3. The van der Waals surface area contributed by atoms with Crippen LogP contribution in [-0.4, -0.2) is 33.3 Å². The molecule has 3 aromatic rings. The van der Waals surface area contributed by atoms with Crippen molar-refractivity contribution in [3.05, 3.63) is 76.8 Å². The van der Waals surface area contributed by atoms with Crippen molar-refractivity contribution in [2.45, 2.75) is 60.9 Å². The summed E-state index contributed by atoms with van der Waals surface area (Å²) >= 11 is 0. The van der Waals surface area contributed by atoms with Crippen LogP contribution in [0.25, 0.3) is 16.7 Å². The minimum Gasteiger partial charge on any atom is -0.351 e. The molecular formula is C29H37N5O2. The van der Waals surface area contributed by atoms with Gasteiger partial charge in [-0.2, -0.15) is 0 Å². The molecule has 3 rings (SSSR count). The number of nitrogens with zero attached hydrogens (tertiary/aromatic N) is 2. The van der Waals surface area contributed by atoms with E-state index in [4.69, 9.17) is 4.98 Å². The number of amides is 2. The summed E-state index contributed by atoms with van der Waals surface area (Å²) in [5.74, 6) is -0.292. The monoisotopic (exact) mass is 487 g/mol. The van der Waals surface area contributed by atoms with E-state index in [0.29, 0.717) is 41.1 Å². The fourth-order valence-electron chi connectivity index (χ4n) is 3.65. The quantitative estimate of drug-likeness (QED) is 0.274. The van der Waals surface area contributed by atoms with Crippen molar-refractivity contribution in [3.63, 3.8) is 0 Å². The summed E-state index contributed by atoms with van der Waals surface area (Å²) in [4.78, 5) is 37.7. The predicted molar refractivity (Wildman–Crippen MR) is 145 cm³/mol. The van der Waals surface area contributed by atoms with Crippen molar-refractivity contribution >= 4 is 28.6 Å². The summed E-state index contributed by atoms with van der Waals surface area (Å²) in [5, 5.41) is 5.96. The zero-order valence-electron chi connectivity index (χ0n) is 22.2. The van der Waals surface area contributed by atoms with Gasteiger partial charge in [0.15, 0.2) is 5.65 Å². The number of carbonyl (C=O) groups is 2. The van der Waals surface area contributed by atoms with Crippen molar-refractivity contribution in [3.8, 4) is 0 Å². The number of aromatic amines is 1. The van der Waals surface area contributed by atoms with Crippen molar-refractivity contribution in [2.75, 3.05) is 6.54 Å². The first-order valence-electron chi connectivity index (χ1n) is 12.4. The summed E-state index contributed by atoms with van der Waals surface area (Å²) < 4.78 is 0. The Balaban J connectivity index is 1.80. The first-order valence-corrected chi connectivity index (χ1v) is 12.4. The Morgan fingerprint density at radius 2 is 1.86 bits per heavy atom. The highest BCUT2D eigenvalue weighted by Crippen LogP contribution is 2.22. The minimum atomic E-state index is -0.176. The number of nitrogens with one attached hydrogen (secondary N) is 3. The van der Waals surface area contributed by atoms with Crippen molar-refractivity contribution in [1.29, 1.82) is 0 Å². The third-order valence-electron chi connectivity index (χ3n) is 5.85. The molecule has 0 radical (unpaired) electrons. The first kappa shape index (κ1) is 26.9. The van der Waals surface area contributed by atoms with E-state index in [-0.39, 0.29) is 17.2 Å². The van der Waals surface area contributed by atoms with Crippen molar-refractivity contribution in [1.82, 2.24) is 25.6 Å². The lowest BCUT2D eigenvalue weighted by Gasteiger charge is -2.18. The molecule has 0 saturated heterocycles. The molecule has 7 nitrogen and oxygen atoms in total. The van der Waals surface area contributed by atoms with Crippen LogP contribution in [-0.2, 0) is 11.3 Å². The number of hydrogen-bond donors (Lipinski definition) is 3. The summed E-state index contributed by atoms with van der Waals surface area (Å²) in [6.07, 6.45) is 8.78. The van der Waals surface area contributed by atoms with Gasteiger partial charge in [0, 0.05) is 24.9 Å². The Morgan fingerprint density at radius 3 is 2.56 bits per heavy atom. The maximum absolute atomic E-state index is 12.8. The maximum atomic E-state index is 12.8. The lowest BCUT2D eigenvalue weighted by molar-refractivity contribution is -0.117. The maximum Gasteiger partial charge on any atom is 0.255 e. The minimum absolute atomic E-state index is 0.0218. The number of aromatic nitrogens is 3. The highest BCUT2D eigenvalue weighted by atomic mass is 16.2. The second-order valence-corrected chi connectivity index (χ2v) is 10.3. The van der Waals surface area contributed by atoms with Gasteiger partial charge in [0.2, 0.25) is 5.91 Å². The molecule has 0 saturated carbocycles. The molecule has 190 valence electrons. The fraction of sp³-hybridized carbons (Fsp3) is 0.379. The van der Waals surface area contributed by atoms with Crippen LogP contribution < -0.4 is 10.6 Å². The van der Waals surface area contributed by atoms with Gasteiger partial charge in [0.05, 0.1) is 17.5 Å². The molecule has 0 atom stereocenters. The number of rotatable bonds is 9. The Labute approximate surface area is 213 Å². The molecule has 7 heteroatoms. The van der Waals surface area contributed by atoms with Gasteiger partial charge in [-0.15, -0.1) is 0 Å². The van der Waals surface area contributed by atoms with Gasteiger partial charge >= 0.3 is 0 Å². The van der Waals surface area contributed by atoms with E-state index in [9.17, 15) is 9.59 Å². The number of allylic oxidation sites excluding steroid dienone is 3. The molecule has 2 aromatic heterocycles. The predicted octanol–water partition coefficient (Wildman–Crippen LogP) is 5.49. The van der Waals surface area contributed by atoms with Crippen LogP contribution in [0.5, 0.6) is 0 Å². The second kappa shape index (κ2) is 11.8. The van der Waals surface area contributed by atoms with E-state index in [1.807, 2.05) is 43.3 Å². The summed E-state index contributed by atoms with van der Waals surface area (Å²) in [6, 6.07) is 8.01. The largest absolute Gasteiger partial charge is 0.351 e. The summed E-state index contributed by atoms with van der Waals surface area (Å²) in [7, 11) is 0. The molecule has 0 aliphatic heterocycles. The SMILES string of the molecule is CCC/C(=C\C=C(/C)C(=O)NCc1ccccc1C)c1cnc2[nH]cc(C(=O)NCC(C)(C)C)c2n1. The summed E-state index contributed by atoms with van der Waals surface area (Å²) in [6.45, 7) is 13.2. The van der Waals surface area contributed by atoms with Gasteiger partial charge in [-0.25, -0.2) is 9.97 Å². The van der Waals surface area contributed by atoms with Crippen LogP contribution in [0, 0.1) is 12.3 Å². The summed E-state index contributed by atoms with van der Waals surface area (Å²) in [5.41, 5.74) is 6.06. The Kier molecular flexibility index (Phi) is 8.80. The van der Waals surface area contributed by atoms with Gasteiger partial charge in [0.1, 0.15) is 5.52 Å². The van der Waals surface area contributed by atoms with Crippen molar-refractivity contribution < 1.29 is 9.59 Å². The Hall–Kier alpha value is -3.74. The molecule has 2 heterocycles. The number of H-pyrrole nitrogens is 1. The van der Waals surface area contributed by atoms with E-state index in [1.165, 1.54) is 0 Å². The fourth-order valence-corrected chi connectivity index (χ4v) is 3.65. The van der Waals surface area contributed by atoms with Crippen LogP contribution >= 0.6 is 0 Å². The van der Waals surface area contributed by atoms with Gasteiger partial charge in [-0.1, -0.05) is 70.5 Å².